The Morgan fingerprint density at radius 1 is 0.266 bits per heavy atom. The van der Waals surface area contributed by atoms with E-state index < -0.39 is 97.5 Å². The van der Waals surface area contributed by atoms with Gasteiger partial charge in [0.25, 0.3) is 0 Å². The Bertz CT molecular complexity index is 2080. The second-order valence-electron chi connectivity index (χ2n) is 33.1. The summed E-state index contributed by atoms with van der Waals surface area (Å²) >= 11 is 0. The van der Waals surface area contributed by atoms with Crippen LogP contribution in [0.1, 0.15) is 485 Å². The van der Waals surface area contributed by atoms with Gasteiger partial charge in [-0.3, -0.25) is 37.3 Å². The molecule has 0 rings (SSSR count). The minimum atomic E-state index is -4.97. The van der Waals surface area contributed by atoms with Gasteiger partial charge in [-0.05, 0) is 37.5 Å². The third-order valence-corrected chi connectivity index (χ3v) is 23.5. The van der Waals surface area contributed by atoms with Crippen molar-refractivity contribution in [2.45, 2.75) is 503 Å². The number of esters is 4. The molecule has 0 radical (unpaired) electrons. The van der Waals surface area contributed by atoms with Crippen LogP contribution in [-0.2, 0) is 65.4 Å². The van der Waals surface area contributed by atoms with Crippen LogP contribution in [0, 0.1) is 11.8 Å². The average Bonchev–Trinajstić information content (AvgIpc) is 0.899. The Morgan fingerprint density at radius 3 is 0.697 bits per heavy atom. The highest BCUT2D eigenvalue weighted by molar-refractivity contribution is 7.47. The summed E-state index contributed by atoms with van der Waals surface area (Å²) in [5, 5.41) is 10.7. The first-order valence-electron chi connectivity index (χ1n) is 46.5. The molecule has 0 aromatic carbocycles. The molecule has 109 heavy (non-hydrogen) atoms. The van der Waals surface area contributed by atoms with Crippen molar-refractivity contribution in [3.05, 3.63) is 0 Å². The molecule has 3 unspecified atom stereocenters. The van der Waals surface area contributed by atoms with Crippen molar-refractivity contribution >= 4 is 39.5 Å². The Labute approximate surface area is 670 Å². The Kier molecular flexibility index (Phi) is 79.8. The van der Waals surface area contributed by atoms with Crippen LogP contribution in [-0.4, -0.2) is 96.7 Å². The van der Waals surface area contributed by atoms with Gasteiger partial charge in [0.15, 0.2) is 12.2 Å². The highest BCUT2D eigenvalue weighted by atomic mass is 31.2. The number of ether oxygens (including phenoxy) is 4. The molecule has 19 heteroatoms. The SMILES string of the molecule is CCCCCCCCCCCCCCCCCCCCCCCCC(=O)OC[C@H](COP(=O)(O)OC[C@@H](O)COP(=O)(O)OC[C@@H](COC(=O)CCCCCCCCCCCCC)OC(=O)CCCCCCCCCCCCCC(C)C)OC(=O)CCCCCCCCCCCCCCCCCCCCC(C)CC. The van der Waals surface area contributed by atoms with E-state index in [1.807, 2.05) is 0 Å². The number of aliphatic hydroxyl groups excluding tert-OH is 1. The molecular formula is C90H176O17P2. The molecule has 0 aromatic heterocycles. The van der Waals surface area contributed by atoms with E-state index in [1.165, 1.54) is 302 Å². The number of aliphatic hydroxyl groups is 1. The summed E-state index contributed by atoms with van der Waals surface area (Å²) < 4.78 is 69.0. The predicted molar refractivity (Wildman–Crippen MR) is 451 cm³/mol. The van der Waals surface area contributed by atoms with Crippen LogP contribution in [0.25, 0.3) is 0 Å². The lowest BCUT2D eigenvalue weighted by molar-refractivity contribution is -0.161. The van der Waals surface area contributed by atoms with Gasteiger partial charge in [0.2, 0.25) is 0 Å². The molecule has 6 atom stereocenters. The fourth-order valence-corrected chi connectivity index (χ4v) is 15.7. The van der Waals surface area contributed by atoms with Crippen LogP contribution in [0.5, 0.6) is 0 Å². The molecule has 0 heterocycles. The molecule has 0 aliphatic carbocycles. The zero-order valence-electron chi connectivity index (χ0n) is 71.9. The number of rotatable bonds is 89. The zero-order chi connectivity index (χ0) is 79.9. The number of phosphoric acid groups is 2. The number of unbranched alkanes of at least 4 members (excludes halogenated alkanes) is 58. The van der Waals surface area contributed by atoms with Crippen molar-refractivity contribution in [1.29, 1.82) is 0 Å². The Hall–Kier alpha value is -1.94. The zero-order valence-corrected chi connectivity index (χ0v) is 73.7. The molecule has 0 fully saturated rings. The number of hydrogen-bond donors (Lipinski definition) is 3. The summed E-state index contributed by atoms with van der Waals surface area (Å²) in [7, 11) is -9.93. The van der Waals surface area contributed by atoms with Crippen LogP contribution in [0.4, 0.5) is 0 Å². The van der Waals surface area contributed by atoms with Gasteiger partial charge in [-0.15, -0.1) is 0 Å². The minimum Gasteiger partial charge on any atom is -0.462 e. The highest BCUT2D eigenvalue weighted by Crippen LogP contribution is 2.45. The van der Waals surface area contributed by atoms with Crippen LogP contribution < -0.4 is 0 Å². The summed E-state index contributed by atoms with van der Waals surface area (Å²) in [6, 6.07) is 0. The normalized spacial score (nSPS) is 14.0. The molecular weight excluding hydrogens is 1410 g/mol. The smallest absolute Gasteiger partial charge is 0.462 e. The van der Waals surface area contributed by atoms with Crippen molar-refractivity contribution in [3.8, 4) is 0 Å². The monoisotopic (exact) mass is 1590 g/mol. The molecule has 17 nitrogen and oxygen atoms in total. The minimum absolute atomic E-state index is 0.107. The quantitative estimate of drug-likeness (QED) is 0.0222. The van der Waals surface area contributed by atoms with E-state index >= 15 is 0 Å². The average molecular weight is 1590 g/mol. The van der Waals surface area contributed by atoms with Crippen molar-refractivity contribution in [3.63, 3.8) is 0 Å². The van der Waals surface area contributed by atoms with E-state index in [1.54, 1.807) is 0 Å². The first-order chi connectivity index (χ1) is 52.9. The molecule has 0 aromatic rings. The van der Waals surface area contributed by atoms with Crippen LogP contribution in [0.15, 0.2) is 0 Å². The lowest BCUT2D eigenvalue weighted by Crippen LogP contribution is -2.30. The summed E-state index contributed by atoms with van der Waals surface area (Å²) in [6.45, 7) is 9.75. The van der Waals surface area contributed by atoms with E-state index in [9.17, 15) is 43.2 Å². The predicted octanol–water partition coefficient (Wildman–Crippen LogP) is 27.8. The van der Waals surface area contributed by atoms with Crippen LogP contribution in [0.2, 0.25) is 0 Å². The molecule has 0 saturated carbocycles. The Balaban J connectivity index is 5.21. The molecule has 0 saturated heterocycles. The number of phosphoric ester groups is 2. The van der Waals surface area contributed by atoms with Crippen molar-refractivity contribution in [2.75, 3.05) is 39.6 Å². The second kappa shape index (κ2) is 81.2. The van der Waals surface area contributed by atoms with E-state index in [0.29, 0.717) is 25.7 Å². The third-order valence-electron chi connectivity index (χ3n) is 21.6. The summed E-state index contributed by atoms with van der Waals surface area (Å²) in [4.78, 5) is 73.3. The second-order valence-corrected chi connectivity index (χ2v) is 36.0. The number of hydrogen-bond acceptors (Lipinski definition) is 15. The molecule has 0 aliphatic rings. The summed E-state index contributed by atoms with van der Waals surface area (Å²) in [6.07, 6.45) is 75.1. The number of carbonyl (C=O) groups excluding carboxylic acids is 4. The lowest BCUT2D eigenvalue weighted by Gasteiger charge is -2.21. The van der Waals surface area contributed by atoms with Crippen LogP contribution >= 0.6 is 15.6 Å². The summed E-state index contributed by atoms with van der Waals surface area (Å²) in [5.41, 5.74) is 0. The fourth-order valence-electron chi connectivity index (χ4n) is 14.1. The number of carbonyl (C=O) groups is 4. The van der Waals surface area contributed by atoms with Gasteiger partial charge in [0.05, 0.1) is 26.4 Å². The molecule has 648 valence electrons. The van der Waals surface area contributed by atoms with Gasteiger partial charge in [-0.2, -0.15) is 0 Å². The highest BCUT2D eigenvalue weighted by Gasteiger charge is 2.31. The fraction of sp³-hybridized carbons (Fsp3) is 0.956. The van der Waals surface area contributed by atoms with Gasteiger partial charge < -0.3 is 33.8 Å². The third kappa shape index (κ3) is 82.4. The van der Waals surface area contributed by atoms with Gasteiger partial charge in [0, 0.05) is 25.7 Å². The van der Waals surface area contributed by atoms with Crippen LogP contribution in [0.3, 0.4) is 0 Å². The van der Waals surface area contributed by atoms with Crippen molar-refractivity contribution in [2.24, 2.45) is 11.8 Å². The molecule has 3 N–H and O–H groups in total. The standard InChI is InChI=1S/C90H176O17P2/c1-7-10-12-14-16-18-20-21-22-23-24-25-26-27-31-34-37-43-49-55-61-67-73-88(93)101-79-86(106-89(94)74-68-62-56-50-44-38-35-32-29-28-30-33-36-42-47-53-59-65-71-83(6)9-3)81-105-109(98,99)103-77-84(91)76-102-108(96,97)104-80-85(78-100-87(92)72-66-60-54-48-40-19-17-15-13-11-8-2)107-90(95)75-69-63-57-51-45-39-41-46-52-58-64-70-82(4)5/h82-86,91H,7-81H2,1-6H3,(H,96,97)(H,98,99)/t83?,84-,85+,86+/m0/s1. The topological polar surface area (TPSA) is 237 Å². The van der Waals surface area contributed by atoms with E-state index in [2.05, 4.69) is 41.5 Å². The Morgan fingerprint density at radius 2 is 0.468 bits per heavy atom. The lowest BCUT2D eigenvalue weighted by atomic mass is 9.99. The first kappa shape index (κ1) is 107. The largest absolute Gasteiger partial charge is 0.472 e. The van der Waals surface area contributed by atoms with Gasteiger partial charge in [-0.25, -0.2) is 9.13 Å². The van der Waals surface area contributed by atoms with Crippen molar-refractivity contribution < 1.29 is 80.2 Å². The van der Waals surface area contributed by atoms with E-state index in [-0.39, 0.29) is 25.7 Å². The maximum absolute atomic E-state index is 13.2. The summed E-state index contributed by atoms with van der Waals surface area (Å²) in [5.74, 6) is -0.462. The first-order valence-corrected chi connectivity index (χ1v) is 49.5. The molecule has 0 amide bonds. The van der Waals surface area contributed by atoms with E-state index in [0.717, 1.165) is 102 Å². The maximum Gasteiger partial charge on any atom is 0.472 e. The molecule has 0 spiro atoms. The van der Waals surface area contributed by atoms with Gasteiger partial charge in [-0.1, -0.05) is 433 Å². The molecule has 0 bridgehead atoms. The van der Waals surface area contributed by atoms with Crippen molar-refractivity contribution in [1.82, 2.24) is 0 Å². The van der Waals surface area contributed by atoms with Gasteiger partial charge in [0.1, 0.15) is 19.3 Å². The maximum atomic E-state index is 13.2. The van der Waals surface area contributed by atoms with E-state index in [4.69, 9.17) is 37.0 Å². The molecule has 0 aliphatic heterocycles. The van der Waals surface area contributed by atoms with Gasteiger partial charge >= 0.3 is 39.5 Å².